The van der Waals surface area contributed by atoms with Gasteiger partial charge >= 0.3 is 0 Å². The van der Waals surface area contributed by atoms with Gasteiger partial charge in [0, 0.05) is 19.6 Å². The van der Waals surface area contributed by atoms with Crippen molar-refractivity contribution in [2.45, 2.75) is 25.3 Å². The monoisotopic (exact) mass is 140 g/mol. The predicted molar refractivity (Wildman–Crippen MR) is 44.7 cm³/mol. The third-order valence-electron chi connectivity index (χ3n) is 1.96. The number of rotatable bonds is 4. The van der Waals surface area contributed by atoms with Crippen molar-refractivity contribution < 1.29 is 0 Å². The van der Waals surface area contributed by atoms with Crippen LogP contribution in [0.5, 0.6) is 0 Å². The molecule has 0 radical (unpaired) electrons. The SMILES string of the molecule is CN=CCCN(C)C1CC1. The van der Waals surface area contributed by atoms with Crippen LogP contribution in [0.2, 0.25) is 0 Å². The molecule has 0 saturated heterocycles. The summed E-state index contributed by atoms with van der Waals surface area (Å²) in [5.41, 5.74) is 0. The number of nitrogens with zero attached hydrogens (tertiary/aromatic N) is 2. The van der Waals surface area contributed by atoms with E-state index in [-0.39, 0.29) is 0 Å². The van der Waals surface area contributed by atoms with E-state index in [2.05, 4.69) is 16.9 Å². The van der Waals surface area contributed by atoms with E-state index in [9.17, 15) is 0 Å². The molecular formula is C8H16N2. The summed E-state index contributed by atoms with van der Waals surface area (Å²) < 4.78 is 0. The van der Waals surface area contributed by atoms with E-state index in [1.54, 1.807) is 0 Å². The van der Waals surface area contributed by atoms with Gasteiger partial charge in [0.2, 0.25) is 0 Å². The molecule has 0 aromatic rings. The third kappa shape index (κ3) is 2.48. The summed E-state index contributed by atoms with van der Waals surface area (Å²) in [6, 6.07) is 0.894. The fourth-order valence-electron chi connectivity index (χ4n) is 1.09. The molecule has 0 unspecified atom stereocenters. The molecule has 0 N–H and O–H groups in total. The van der Waals surface area contributed by atoms with E-state index in [1.807, 2.05) is 13.3 Å². The molecule has 0 aliphatic heterocycles. The maximum Gasteiger partial charge on any atom is 0.0273 e. The van der Waals surface area contributed by atoms with Gasteiger partial charge in [0.1, 0.15) is 0 Å². The van der Waals surface area contributed by atoms with Crippen molar-refractivity contribution >= 4 is 6.21 Å². The lowest BCUT2D eigenvalue weighted by Gasteiger charge is -2.12. The first-order valence-corrected chi connectivity index (χ1v) is 3.95. The van der Waals surface area contributed by atoms with Gasteiger partial charge in [0.25, 0.3) is 0 Å². The highest BCUT2D eigenvalue weighted by molar-refractivity contribution is 5.56. The van der Waals surface area contributed by atoms with Crippen LogP contribution in [0, 0.1) is 0 Å². The first-order valence-electron chi connectivity index (χ1n) is 3.95. The molecule has 0 amide bonds. The normalized spacial score (nSPS) is 19.1. The molecule has 0 bridgehead atoms. The minimum absolute atomic E-state index is 0.894. The molecule has 1 saturated carbocycles. The molecule has 0 aromatic carbocycles. The van der Waals surface area contributed by atoms with Crippen molar-refractivity contribution in [3.8, 4) is 0 Å². The van der Waals surface area contributed by atoms with Crippen LogP contribution < -0.4 is 0 Å². The van der Waals surface area contributed by atoms with Gasteiger partial charge in [-0.05, 0) is 32.5 Å². The molecule has 10 heavy (non-hydrogen) atoms. The topological polar surface area (TPSA) is 15.6 Å². The third-order valence-corrected chi connectivity index (χ3v) is 1.96. The number of hydrogen-bond acceptors (Lipinski definition) is 2. The Bertz CT molecular complexity index is 116. The van der Waals surface area contributed by atoms with Gasteiger partial charge in [0.15, 0.2) is 0 Å². The van der Waals surface area contributed by atoms with Crippen molar-refractivity contribution in [1.82, 2.24) is 4.90 Å². The van der Waals surface area contributed by atoms with Crippen LogP contribution in [0.3, 0.4) is 0 Å². The minimum atomic E-state index is 0.894. The van der Waals surface area contributed by atoms with Crippen molar-refractivity contribution in [3.63, 3.8) is 0 Å². The molecule has 1 aliphatic carbocycles. The summed E-state index contributed by atoms with van der Waals surface area (Å²) in [6.45, 7) is 1.17. The number of hydrogen-bond donors (Lipinski definition) is 0. The van der Waals surface area contributed by atoms with Crippen LogP contribution in [0.15, 0.2) is 4.99 Å². The Kier molecular flexibility index (Phi) is 2.87. The van der Waals surface area contributed by atoms with Crippen molar-refractivity contribution in [2.24, 2.45) is 4.99 Å². The molecular weight excluding hydrogens is 124 g/mol. The molecule has 0 spiro atoms. The molecule has 2 nitrogen and oxygen atoms in total. The summed E-state index contributed by atoms with van der Waals surface area (Å²) in [5.74, 6) is 0. The van der Waals surface area contributed by atoms with Crippen LogP contribution in [0.1, 0.15) is 19.3 Å². The molecule has 1 fully saturated rings. The molecule has 58 valence electrons. The van der Waals surface area contributed by atoms with E-state index >= 15 is 0 Å². The summed E-state index contributed by atoms with van der Waals surface area (Å²) in [7, 11) is 4.03. The Balaban J connectivity index is 2.00. The maximum absolute atomic E-state index is 3.94. The zero-order valence-corrected chi connectivity index (χ0v) is 6.88. The van der Waals surface area contributed by atoms with Crippen LogP contribution in [0.25, 0.3) is 0 Å². The Morgan fingerprint density at radius 3 is 2.80 bits per heavy atom. The Labute approximate surface area is 62.9 Å². The smallest absolute Gasteiger partial charge is 0.0273 e. The number of aliphatic imine (C=N–C) groups is 1. The molecule has 2 heteroatoms. The first-order chi connectivity index (χ1) is 4.84. The second-order valence-corrected chi connectivity index (χ2v) is 2.94. The summed E-state index contributed by atoms with van der Waals surface area (Å²) >= 11 is 0. The average molecular weight is 140 g/mol. The Hall–Kier alpha value is -0.370. The summed E-state index contributed by atoms with van der Waals surface area (Å²) in [4.78, 5) is 6.35. The van der Waals surface area contributed by atoms with E-state index in [0.29, 0.717) is 0 Å². The molecule has 1 rings (SSSR count). The van der Waals surface area contributed by atoms with E-state index in [4.69, 9.17) is 0 Å². The van der Waals surface area contributed by atoms with Crippen LogP contribution in [-0.2, 0) is 0 Å². The summed E-state index contributed by atoms with van der Waals surface area (Å²) in [6.07, 6.45) is 5.89. The highest BCUT2D eigenvalue weighted by Crippen LogP contribution is 2.24. The van der Waals surface area contributed by atoms with Crippen LogP contribution >= 0.6 is 0 Å². The van der Waals surface area contributed by atoms with Crippen molar-refractivity contribution in [3.05, 3.63) is 0 Å². The standard InChI is InChI=1S/C8H16N2/c1-9-6-3-7-10(2)8-4-5-8/h6,8H,3-5,7H2,1-2H3. The molecule has 0 aromatic heterocycles. The second-order valence-electron chi connectivity index (χ2n) is 2.94. The lowest BCUT2D eigenvalue weighted by molar-refractivity contribution is 0.335. The molecule has 1 aliphatic rings. The molecule has 0 heterocycles. The van der Waals surface area contributed by atoms with Gasteiger partial charge in [0.05, 0.1) is 0 Å². The zero-order valence-electron chi connectivity index (χ0n) is 6.88. The lowest BCUT2D eigenvalue weighted by Crippen LogP contribution is -2.21. The quantitative estimate of drug-likeness (QED) is 0.535. The van der Waals surface area contributed by atoms with Crippen LogP contribution in [0.4, 0.5) is 0 Å². The Morgan fingerprint density at radius 1 is 1.60 bits per heavy atom. The predicted octanol–water partition coefficient (Wildman–Crippen LogP) is 1.17. The van der Waals surface area contributed by atoms with Crippen molar-refractivity contribution in [2.75, 3.05) is 20.6 Å². The highest BCUT2D eigenvalue weighted by Gasteiger charge is 2.24. The van der Waals surface area contributed by atoms with E-state index in [0.717, 1.165) is 12.5 Å². The van der Waals surface area contributed by atoms with Gasteiger partial charge in [-0.25, -0.2) is 0 Å². The van der Waals surface area contributed by atoms with Gasteiger partial charge in [-0.2, -0.15) is 0 Å². The molecule has 0 atom stereocenters. The summed E-state index contributed by atoms with van der Waals surface area (Å²) in [5, 5.41) is 0. The van der Waals surface area contributed by atoms with E-state index < -0.39 is 0 Å². The minimum Gasteiger partial charge on any atom is -0.303 e. The van der Waals surface area contributed by atoms with Gasteiger partial charge < -0.3 is 9.89 Å². The van der Waals surface area contributed by atoms with Gasteiger partial charge in [-0.1, -0.05) is 0 Å². The fraction of sp³-hybridized carbons (Fsp3) is 0.875. The highest BCUT2D eigenvalue weighted by atomic mass is 15.1. The maximum atomic E-state index is 3.94. The first kappa shape index (κ1) is 7.73. The lowest BCUT2D eigenvalue weighted by atomic mass is 10.4. The largest absolute Gasteiger partial charge is 0.303 e. The second kappa shape index (κ2) is 3.71. The fourth-order valence-corrected chi connectivity index (χ4v) is 1.09. The average Bonchev–Trinajstić information content (AvgIpc) is 2.69. The van der Waals surface area contributed by atoms with Crippen LogP contribution in [-0.4, -0.2) is 37.8 Å². The van der Waals surface area contributed by atoms with Gasteiger partial charge in [-0.3, -0.25) is 0 Å². The Morgan fingerprint density at radius 2 is 2.30 bits per heavy atom. The van der Waals surface area contributed by atoms with Crippen molar-refractivity contribution in [1.29, 1.82) is 0 Å². The van der Waals surface area contributed by atoms with Gasteiger partial charge in [-0.15, -0.1) is 0 Å². The van der Waals surface area contributed by atoms with E-state index in [1.165, 1.54) is 19.4 Å². The zero-order chi connectivity index (χ0) is 7.40.